The van der Waals surface area contributed by atoms with Crippen LogP contribution in [-0.2, 0) is 4.79 Å². The van der Waals surface area contributed by atoms with Crippen LogP contribution in [0.2, 0.25) is 0 Å². The largest absolute Gasteiger partial charge is 0.338 e. The maximum Gasteiger partial charge on any atom is 0.243 e. The highest BCUT2D eigenvalue weighted by Crippen LogP contribution is 2.35. The summed E-state index contributed by atoms with van der Waals surface area (Å²) in [6, 6.07) is 7.59. The zero-order valence-electron chi connectivity index (χ0n) is 11.3. The Morgan fingerprint density at radius 3 is 2.45 bits per heavy atom. The van der Waals surface area contributed by atoms with Gasteiger partial charge in [-0.05, 0) is 12.1 Å². The fourth-order valence-corrected chi connectivity index (χ4v) is 2.36. The van der Waals surface area contributed by atoms with E-state index in [9.17, 15) is 18.0 Å². The normalized spacial score (nSPS) is 17.7. The Kier molecular flexibility index (Phi) is 3.50. The Labute approximate surface area is 124 Å². The Morgan fingerprint density at radius 1 is 1.14 bits per heavy atom. The Balaban J connectivity index is 2.15. The van der Waals surface area contributed by atoms with Crippen LogP contribution in [0.3, 0.4) is 0 Å². The molecule has 0 aliphatic carbocycles. The number of amides is 1. The Hall–Kier alpha value is -2.54. The molecule has 0 unspecified atom stereocenters. The van der Waals surface area contributed by atoms with Crippen LogP contribution < -0.4 is 16.0 Å². The number of carbonyl (C=O) groups is 1. The lowest BCUT2D eigenvalue weighted by Gasteiger charge is -2.25. The van der Waals surface area contributed by atoms with Gasteiger partial charge in [0.05, 0.1) is 11.4 Å². The van der Waals surface area contributed by atoms with Crippen molar-refractivity contribution in [2.75, 3.05) is 16.8 Å². The second-order valence-corrected chi connectivity index (χ2v) is 4.95. The number of carbonyl (C=O) groups excluding carboxylic acids is 1. The molecule has 0 radical (unpaired) electrons. The number of anilines is 3. The van der Waals surface area contributed by atoms with Crippen molar-refractivity contribution < 1.29 is 18.0 Å². The van der Waals surface area contributed by atoms with Gasteiger partial charge in [0.1, 0.15) is 6.04 Å². The second-order valence-electron chi connectivity index (χ2n) is 4.95. The van der Waals surface area contributed by atoms with E-state index in [1.165, 1.54) is 4.90 Å². The van der Waals surface area contributed by atoms with Crippen molar-refractivity contribution in [1.29, 1.82) is 0 Å². The first-order valence-corrected chi connectivity index (χ1v) is 6.55. The lowest BCUT2D eigenvalue weighted by Crippen LogP contribution is -2.41. The average molecular weight is 307 g/mol. The molecule has 22 heavy (non-hydrogen) atoms. The van der Waals surface area contributed by atoms with Crippen LogP contribution in [-0.4, -0.2) is 18.5 Å². The quantitative estimate of drug-likeness (QED) is 0.796. The number of rotatable bonds is 1. The summed E-state index contributed by atoms with van der Waals surface area (Å²) in [5.74, 6) is -4.54. The number of hydrogen-bond donors (Lipinski definition) is 2. The standard InChI is InChI=1S/C15H12F3N3O/c16-9-5-8(6-10(17)14(9)18)21-7-11(19)15(22)20-12-3-1-2-4-13(12)21/h1-6,11H,7,19H2,(H,20,22)/t11-/m0/s1. The number of nitrogens with two attached hydrogens (primary N) is 1. The number of nitrogens with one attached hydrogen (secondary N) is 1. The predicted octanol–water partition coefficient (Wildman–Crippen LogP) is 2.52. The van der Waals surface area contributed by atoms with Crippen molar-refractivity contribution in [2.45, 2.75) is 6.04 Å². The van der Waals surface area contributed by atoms with Crippen molar-refractivity contribution in [1.82, 2.24) is 0 Å². The molecule has 1 aliphatic heterocycles. The number of fused-ring (bicyclic) bond motifs is 1. The SMILES string of the molecule is N[C@H]1CN(c2cc(F)c(F)c(F)c2)c2ccccc2NC1=O. The van der Waals surface area contributed by atoms with E-state index in [0.29, 0.717) is 11.4 Å². The van der Waals surface area contributed by atoms with Crippen molar-refractivity contribution in [2.24, 2.45) is 5.73 Å². The van der Waals surface area contributed by atoms with Crippen molar-refractivity contribution >= 4 is 23.0 Å². The first kappa shape index (κ1) is 14.4. The van der Waals surface area contributed by atoms with E-state index in [1.54, 1.807) is 24.3 Å². The van der Waals surface area contributed by atoms with Crippen LogP contribution in [0.1, 0.15) is 0 Å². The van der Waals surface area contributed by atoms with E-state index in [2.05, 4.69) is 5.32 Å². The molecule has 3 rings (SSSR count). The number of hydrogen-bond acceptors (Lipinski definition) is 3. The second kappa shape index (κ2) is 5.34. The molecule has 1 amide bonds. The van der Waals surface area contributed by atoms with Gasteiger partial charge < -0.3 is 16.0 Å². The highest BCUT2D eigenvalue weighted by atomic mass is 19.2. The van der Waals surface area contributed by atoms with Gasteiger partial charge >= 0.3 is 0 Å². The molecule has 0 spiro atoms. The topological polar surface area (TPSA) is 58.4 Å². The van der Waals surface area contributed by atoms with E-state index in [1.807, 2.05) is 0 Å². The third kappa shape index (κ3) is 2.39. The summed E-state index contributed by atoms with van der Waals surface area (Å²) >= 11 is 0. The van der Waals surface area contributed by atoms with E-state index in [0.717, 1.165) is 12.1 Å². The molecule has 7 heteroatoms. The van der Waals surface area contributed by atoms with Gasteiger partial charge in [-0.15, -0.1) is 0 Å². The third-order valence-corrected chi connectivity index (χ3v) is 3.45. The minimum Gasteiger partial charge on any atom is -0.338 e. The van der Waals surface area contributed by atoms with E-state index < -0.39 is 29.4 Å². The van der Waals surface area contributed by atoms with Crippen LogP contribution >= 0.6 is 0 Å². The summed E-state index contributed by atoms with van der Waals surface area (Å²) in [6.45, 7) is 0.00730. The minimum atomic E-state index is -1.54. The summed E-state index contributed by atoms with van der Waals surface area (Å²) < 4.78 is 40.1. The summed E-state index contributed by atoms with van der Waals surface area (Å²) in [6.07, 6.45) is 0. The van der Waals surface area contributed by atoms with Gasteiger partial charge in [0.25, 0.3) is 0 Å². The van der Waals surface area contributed by atoms with Gasteiger partial charge in [0, 0.05) is 24.4 Å². The Morgan fingerprint density at radius 2 is 1.77 bits per heavy atom. The number of halogens is 3. The van der Waals surface area contributed by atoms with Crippen LogP contribution in [0.5, 0.6) is 0 Å². The van der Waals surface area contributed by atoms with Crippen LogP contribution in [0.25, 0.3) is 0 Å². The molecule has 2 aromatic rings. The molecule has 0 aromatic heterocycles. The third-order valence-electron chi connectivity index (χ3n) is 3.45. The van der Waals surface area contributed by atoms with Crippen molar-refractivity contribution in [3.63, 3.8) is 0 Å². The van der Waals surface area contributed by atoms with Gasteiger partial charge in [-0.25, -0.2) is 13.2 Å². The van der Waals surface area contributed by atoms with Crippen molar-refractivity contribution in [3.8, 4) is 0 Å². The molecule has 0 bridgehead atoms. The summed E-state index contributed by atoms with van der Waals surface area (Å²) in [5, 5.41) is 2.65. The highest BCUT2D eigenvalue weighted by molar-refractivity contribution is 6.00. The maximum atomic E-state index is 13.5. The van der Waals surface area contributed by atoms with Gasteiger partial charge in [0.15, 0.2) is 17.5 Å². The number of nitrogens with zero attached hydrogens (tertiary/aromatic N) is 1. The van der Waals surface area contributed by atoms with E-state index >= 15 is 0 Å². The molecule has 2 aromatic carbocycles. The predicted molar refractivity (Wildman–Crippen MR) is 76.4 cm³/mol. The zero-order chi connectivity index (χ0) is 15.9. The van der Waals surface area contributed by atoms with Crippen LogP contribution in [0.15, 0.2) is 36.4 Å². The molecule has 0 saturated carbocycles. The molecule has 0 saturated heterocycles. The molecule has 1 aliphatic rings. The van der Waals surface area contributed by atoms with Crippen molar-refractivity contribution in [3.05, 3.63) is 53.8 Å². The summed E-state index contributed by atoms with van der Waals surface area (Å²) in [4.78, 5) is 13.3. The molecule has 1 atom stereocenters. The van der Waals surface area contributed by atoms with Gasteiger partial charge in [0.2, 0.25) is 5.91 Å². The summed E-state index contributed by atoms with van der Waals surface area (Å²) in [5.41, 5.74) is 6.84. The molecule has 1 heterocycles. The maximum absolute atomic E-state index is 13.5. The first-order valence-electron chi connectivity index (χ1n) is 6.55. The monoisotopic (exact) mass is 307 g/mol. The van der Waals surface area contributed by atoms with Gasteiger partial charge in [-0.1, -0.05) is 12.1 Å². The summed E-state index contributed by atoms with van der Waals surface area (Å²) in [7, 11) is 0. The number of benzene rings is 2. The molecule has 3 N–H and O–H groups in total. The molecular weight excluding hydrogens is 295 g/mol. The first-order chi connectivity index (χ1) is 10.5. The van der Waals surface area contributed by atoms with E-state index in [4.69, 9.17) is 5.73 Å². The lowest BCUT2D eigenvalue weighted by molar-refractivity contribution is -0.117. The highest BCUT2D eigenvalue weighted by Gasteiger charge is 2.27. The fourth-order valence-electron chi connectivity index (χ4n) is 2.36. The lowest BCUT2D eigenvalue weighted by atomic mass is 10.2. The fraction of sp³-hybridized carbons (Fsp3) is 0.133. The van der Waals surface area contributed by atoms with Crippen LogP contribution in [0, 0.1) is 17.5 Å². The molecule has 114 valence electrons. The molecule has 0 fully saturated rings. The smallest absolute Gasteiger partial charge is 0.243 e. The zero-order valence-corrected chi connectivity index (χ0v) is 11.3. The Bertz CT molecular complexity index is 728. The van der Waals surface area contributed by atoms with Gasteiger partial charge in [-0.2, -0.15) is 0 Å². The minimum absolute atomic E-state index is 0.00730. The van der Waals surface area contributed by atoms with Crippen LogP contribution in [0.4, 0.5) is 30.2 Å². The number of para-hydroxylation sites is 2. The molecular formula is C15H12F3N3O. The molecule has 4 nitrogen and oxygen atoms in total. The average Bonchev–Trinajstić information content (AvgIpc) is 2.62. The van der Waals surface area contributed by atoms with Gasteiger partial charge in [-0.3, -0.25) is 4.79 Å². The van der Waals surface area contributed by atoms with E-state index in [-0.39, 0.29) is 12.2 Å².